The average molecular weight is 333 g/mol. The van der Waals surface area contributed by atoms with Crippen LogP contribution in [0.15, 0.2) is 24.5 Å². The van der Waals surface area contributed by atoms with Gasteiger partial charge in [0.25, 0.3) is 0 Å². The normalized spacial score (nSPS) is 17.5. The number of nitrogens with one attached hydrogen (secondary N) is 3. The first-order valence-corrected chi connectivity index (χ1v) is 7.80. The lowest BCUT2D eigenvalue weighted by Crippen LogP contribution is -2.47. The van der Waals surface area contributed by atoms with Gasteiger partial charge in [-0.2, -0.15) is 0 Å². The summed E-state index contributed by atoms with van der Waals surface area (Å²) < 4.78 is 0. The first-order valence-electron chi connectivity index (χ1n) is 7.80. The first-order chi connectivity index (χ1) is 11.3. The van der Waals surface area contributed by atoms with E-state index in [0.29, 0.717) is 12.2 Å². The number of urea groups is 1. The third kappa shape index (κ3) is 4.94. The molecule has 0 saturated carbocycles. The van der Waals surface area contributed by atoms with Crippen LogP contribution in [0.1, 0.15) is 27.2 Å². The molecule has 3 N–H and O–H groups in total. The van der Waals surface area contributed by atoms with E-state index in [0.717, 1.165) is 0 Å². The van der Waals surface area contributed by atoms with Crippen molar-refractivity contribution in [2.24, 2.45) is 0 Å². The summed E-state index contributed by atoms with van der Waals surface area (Å²) in [6, 6.07) is 2.69. The van der Waals surface area contributed by atoms with Gasteiger partial charge in [0.05, 0.1) is 24.5 Å². The van der Waals surface area contributed by atoms with Gasteiger partial charge in [-0.3, -0.25) is 14.6 Å². The van der Waals surface area contributed by atoms with Gasteiger partial charge in [-0.1, -0.05) is 0 Å². The molecule has 0 bridgehead atoms. The average Bonchev–Trinajstić information content (AvgIpc) is 2.87. The molecule has 1 saturated heterocycles. The van der Waals surface area contributed by atoms with Gasteiger partial charge in [0.1, 0.15) is 0 Å². The molecular formula is C16H23N5O3. The second kappa shape index (κ2) is 7.29. The monoisotopic (exact) mass is 333 g/mol. The van der Waals surface area contributed by atoms with Crippen molar-refractivity contribution in [3.63, 3.8) is 0 Å². The number of hydrogen-bond donors (Lipinski definition) is 3. The highest BCUT2D eigenvalue weighted by Gasteiger charge is 2.36. The molecule has 4 amide bonds. The maximum absolute atomic E-state index is 12.0. The molecule has 1 aromatic rings. The van der Waals surface area contributed by atoms with E-state index in [9.17, 15) is 14.4 Å². The zero-order chi connectivity index (χ0) is 17.7. The van der Waals surface area contributed by atoms with Crippen LogP contribution in [0.4, 0.5) is 10.5 Å². The van der Waals surface area contributed by atoms with Gasteiger partial charge in [-0.05, 0) is 32.9 Å². The summed E-state index contributed by atoms with van der Waals surface area (Å²) in [7, 11) is 0. The first kappa shape index (κ1) is 17.7. The third-order valence-electron chi connectivity index (χ3n) is 3.62. The lowest BCUT2D eigenvalue weighted by atomic mass is 10.1. The smallest absolute Gasteiger partial charge is 0.315 e. The van der Waals surface area contributed by atoms with Crippen molar-refractivity contribution in [1.29, 1.82) is 0 Å². The van der Waals surface area contributed by atoms with Crippen molar-refractivity contribution in [2.75, 3.05) is 18.4 Å². The standard InChI is InChI=1S/C16H23N5O3/c1-16(2,3)21-10-12(7-14(21)23)20-15(24)18-9-13(22)19-11-5-4-6-17-8-11/h4-6,8,12H,7,9-10H2,1-3H3,(H,19,22)(H2,18,20,24). The molecule has 24 heavy (non-hydrogen) atoms. The molecule has 1 fully saturated rings. The summed E-state index contributed by atoms with van der Waals surface area (Å²) in [6.07, 6.45) is 3.39. The summed E-state index contributed by atoms with van der Waals surface area (Å²) in [4.78, 5) is 41.2. The minimum absolute atomic E-state index is 0.0159. The van der Waals surface area contributed by atoms with Gasteiger partial charge in [-0.25, -0.2) is 4.79 Å². The van der Waals surface area contributed by atoms with Crippen LogP contribution in [0.2, 0.25) is 0 Å². The molecule has 0 radical (unpaired) electrons. The summed E-state index contributed by atoms with van der Waals surface area (Å²) in [5, 5.41) is 7.83. The predicted octanol–water partition coefficient (Wildman–Crippen LogP) is 0.719. The second-order valence-electron chi connectivity index (χ2n) is 6.69. The van der Waals surface area contributed by atoms with Crippen molar-refractivity contribution in [3.05, 3.63) is 24.5 Å². The van der Waals surface area contributed by atoms with Gasteiger partial charge >= 0.3 is 6.03 Å². The second-order valence-corrected chi connectivity index (χ2v) is 6.69. The molecule has 2 heterocycles. The molecule has 0 aliphatic carbocycles. The molecule has 8 heteroatoms. The fourth-order valence-corrected chi connectivity index (χ4v) is 2.49. The van der Waals surface area contributed by atoms with Gasteiger partial charge in [-0.15, -0.1) is 0 Å². The summed E-state index contributed by atoms with van der Waals surface area (Å²) in [5.41, 5.74) is 0.292. The number of carbonyl (C=O) groups is 3. The number of amides is 4. The SMILES string of the molecule is CC(C)(C)N1CC(NC(=O)NCC(=O)Nc2cccnc2)CC1=O. The fraction of sp³-hybridized carbons (Fsp3) is 0.500. The number of carbonyl (C=O) groups excluding carboxylic acids is 3. The Hall–Kier alpha value is -2.64. The van der Waals surface area contributed by atoms with E-state index in [2.05, 4.69) is 20.9 Å². The molecule has 0 spiro atoms. The minimum Gasteiger partial charge on any atom is -0.336 e. The number of nitrogens with zero attached hydrogens (tertiary/aromatic N) is 2. The Morgan fingerprint density at radius 1 is 1.38 bits per heavy atom. The van der Waals surface area contributed by atoms with Crippen molar-refractivity contribution in [1.82, 2.24) is 20.5 Å². The molecule has 8 nitrogen and oxygen atoms in total. The number of hydrogen-bond acceptors (Lipinski definition) is 4. The van der Waals surface area contributed by atoms with Crippen LogP contribution in [0.25, 0.3) is 0 Å². The van der Waals surface area contributed by atoms with Crippen molar-refractivity contribution >= 4 is 23.5 Å². The maximum Gasteiger partial charge on any atom is 0.315 e. The van der Waals surface area contributed by atoms with Crippen molar-refractivity contribution < 1.29 is 14.4 Å². The van der Waals surface area contributed by atoms with E-state index < -0.39 is 6.03 Å². The summed E-state index contributed by atoms with van der Waals surface area (Å²) in [6.45, 7) is 6.17. The molecule has 130 valence electrons. The van der Waals surface area contributed by atoms with E-state index in [-0.39, 0.29) is 36.4 Å². The molecule has 2 rings (SSSR count). The lowest BCUT2D eigenvalue weighted by molar-refractivity contribution is -0.131. The topological polar surface area (TPSA) is 103 Å². The zero-order valence-electron chi connectivity index (χ0n) is 14.1. The van der Waals surface area contributed by atoms with Crippen molar-refractivity contribution in [3.8, 4) is 0 Å². The Morgan fingerprint density at radius 3 is 2.71 bits per heavy atom. The molecule has 1 atom stereocenters. The number of aromatic nitrogens is 1. The third-order valence-corrected chi connectivity index (χ3v) is 3.62. The molecule has 1 aliphatic heterocycles. The number of pyridine rings is 1. The molecular weight excluding hydrogens is 310 g/mol. The van der Waals surface area contributed by atoms with Crippen LogP contribution in [0.3, 0.4) is 0 Å². The van der Waals surface area contributed by atoms with Crippen LogP contribution in [-0.2, 0) is 9.59 Å². The Labute approximate surface area is 141 Å². The Balaban J connectivity index is 1.74. The van der Waals surface area contributed by atoms with Crippen LogP contribution in [0.5, 0.6) is 0 Å². The molecule has 1 unspecified atom stereocenters. The van der Waals surface area contributed by atoms with Gasteiger partial charge in [0.15, 0.2) is 0 Å². The molecule has 0 aromatic carbocycles. The van der Waals surface area contributed by atoms with Crippen LogP contribution < -0.4 is 16.0 Å². The van der Waals surface area contributed by atoms with Gasteiger partial charge in [0, 0.05) is 24.7 Å². The van der Waals surface area contributed by atoms with Crippen LogP contribution in [0, 0.1) is 0 Å². The summed E-state index contributed by atoms with van der Waals surface area (Å²) >= 11 is 0. The number of anilines is 1. The lowest BCUT2D eigenvalue weighted by Gasteiger charge is -2.32. The predicted molar refractivity (Wildman–Crippen MR) is 89.3 cm³/mol. The van der Waals surface area contributed by atoms with E-state index >= 15 is 0 Å². The van der Waals surface area contributed by atoms with E-state index in [1.807, 2.05) is 20.8 Å². The van der Waals surface area contributed by atoms with E-state index in [1.165, 1.54) is 6.20 Å². The van der Waals surface area contributed by atoms with Gasteiger partial charge < -0.3 is 20.9 Å². The number of rotatable bonds is 4. The highest BCUT2D eigenvalue weighted by atomic mass is 16.2. The zero-order valence-corrected chi connectivity index (χ0v) is 14.1. The van der Waals surface area contributed by atoms with E-state index in [1.54, 1.807) is 23.2 Å². The Morgan fingerprint density at radius 2 is 2.12 bits per heavy atom. The Kier molecular flexibility index (Phi) is 5.38. The maximum atomic E-state index is 12.0. The quantitative estimate of drug-likeness (QED) is 0.755. The Bertz CT molecular complexity index is 612. The van der Waals surface area contributed by atoms with Crippen LogP contribution in [-0.4, -0.2) is 52.4 Å². The fourth-order valence-electron chi connectivity index (χ4n) is 2.49. The molecule has 1 aliphatic rings. The highest BCUT2D eigenvalue weighted by Crippen LogP contribution is 2.21. The minimum atomic E-state index is -0.468. The number of likely N-dealkylation sites (tertiary alicyclic amines) is 1. The largest absolute Gasteiger partial charge is 0.336 e. The van der Waals surface area contributed by atoms with E-state index in [4.69, 9.17) is 0 Å². The van der Waals surface area contributed by atoms with Crippen molar-refractivity contribution in [2.45, 2.75) is 38.8 Å². The highest BCUT2D eigenvalue weighted by molar-refractivity contribution is 5.94. The van der Waals surface area contributed by atoms with Crippen LogP contribution >= 0.6 is 0 Å². The molecule has 1 aromatic heterocycles. The summed E-state index contributed by atoms with van der Waals surface area (Å²) in [5.74, 6) is -0.334. The van der Waals surface area contributed by atoms with Gasteiger partial charge in [0.2, 0.25) is 11.8 Å².